The Morgan fingerprint density at radius 2 is 1.36 bits per heavy atom. The summed E-state index contributed by atoms with van der Waals surface area (Å²) < 4.78 is 7.80. The maximum absolute atomic E-state index is 5.61. The molecule has 158 valence electrons. The summed E-state index contributed by atoms with van der Waals surface area (Å²) in [4.78, 5) is 0. The van der Waals surface area contributed by atoms with Crippen molar-refractivity contribution in [2.24, 2.45) is 7.05 Å². The molecule has 1 aliphatic carbocycles. The van der Waals surface area contributed by atoms with Crippen LogP contribution in [-0.2, 0) is 12.5 Å². The molecular weight excluding hydrogens is 402 g/mol. The zero-order valence-electron chi connectivity index (χ0n) is 18.7. The molecule has 0 aliphatic heterocycles. The standard InChI is InChI=1S/C31H23NO/c1-32-21-29(26-20-23(33-2)16-17-30(26)32)31(19-18-22-10-4-3-5-11-22)27-14-8-6-12-24(27)25-13-7-9-15-28(25)31/h3-17,20-21H,1-2H3. The van der Waals surface area contributed by atoms with Gasteiger partial charge in [0.15, 0.2) is 0 Å². The van der Waals surface area contributed by atoms with Crippen LogP contribution >= 0.6 is 0 Å². The zero-order valence-corrected chi connectivity index (χ0v) is 18.7. The van der Waals surface area contributed by atoms with Crippen molar-refractivity contribution in [3.8, 4) is 28.7 Å². The average Bonchev–Trinajstić information content (AvgIpc) is 3.36. The van der Waals surface area contributed by atoms with Gasteiger partial charge in [0, 0.05) is 35.3 Å². The molecule has 6 rings (SSSR count). The molecule has 0 atom stereocenters. The number of hydrogen-bond acceptors (Lipinski definition) is 1. The quantitative estimate of drug-likeness (QED) is 0.292. The first kappa shape index (κ1) is 19.5. The fraction of sp³-hybridized carbons (Fsp3) is 0.0968. The Labute approximate surface area is 194 Å². The van der Waals surface area contributed by atoms with Crippen LogP contribution in [0.1, 0.15) is 22.3 Å². The van der Waals surface area contributed by atoms with Crippen molar-refractivity contribution in [2.75, 3.05) is 7.11 Å². The van der Waals surface area contributed by atoms with Gasteiger partial charge in [0.05, 0.1) is 7.11 Å². The van der Waals surface area contributed by atoms with Crippen LogP contribution < -0.4 is 4.74 Å². The van der Waals surface area contributed by atoms with E-state index in [9.17, 15) is 0 Å². The maximum Gasteiger partial charge on any atom is 0.119 e. The van der Waals surface area contributed by atoms with Crippen LogP contribution in [0.25, 0.3) is 22.0 Å². The minimum absolute atomic E-state index is 0.588. The van der Waals surface area contributed by atoms with Crippen molar-refractivity contribution < 1.29 is 4.74 Å². The SMILES string of the molecule is COc1ccc2c(c1)c(C1(C#Cc3ccccc3)c3ccccc3-c3ccccc31)cn2C. The minimum Gasteiger partial charge on any atom is -0.497 e. The minimum atomic E-state index is -0.588. The first-order valence-electron chi connectivity index (χ1n) is 11.1. The van der Waals surface area contributed by atoms with Crippen LogP contribution in [0.3, 0.4) is 0 Å². The summed E-state index contributed by atoms with van der Waals surface area (Å²) >= 11 is 0. The number of fused-ring (bicyclic) bond motifs is 4. The van der Waals surface area contributed by atoms with Gasteiger partial charge < -0.3 is 9.30 Å². The summed E-state index contributed by atoms with van der Waals surface area (Å²) in [6.07, 6.45) is 2.24. The molecule has 33 heavy (non-hydrogen) atoms. The molecule has 0 fully saturated rings. The van der Waals surface area contributed by atoms with E-state index in [1.165, 1.54) is 27.8 Å². The lowest BCUT2D eigenvalue weighted by molar-refractivity contribution is 0.415. The number of nitrogens with zero attached hydrogens (tertiary/aromatic N) is 1. The third-order valence-corrected chi connectivity index (χ3v) is 6.72. The largest absolute Gasteiger partial charge is 0.497 e. The summed E-state index contributed by atoms with van der Waals surface area (Å²) in [6.45, 7) is 0. The van der Waals surface area contributed by atoms with Gasteiger partial charge in [-0.3, -0.25) is 0 Å². The van der Waals surface area contributed by atoms with Gasteiger partial charge in [-0.05, 0) is 52.6 Å². The molecule has 0 saturated carbocycles. The van der Waals surface area contributed by atoms with E-state index in [1.807, 2.05) is 24.3 Å². The molecule has 0 unspecified atom stereocenters. The van der Waals surface area contributed by atoms with Gasteiger partial charge in [0.25, 0.3) is 0 Å². The lowest BCUT2D eigenvalue weighted by Crippen LogP contribution is -2.25. The topological polar surface area (TPSA) is 14.2 Å². The molecule has 5 aromatic rings. The van der Waals surface area contributed by atoms with Gasteiger partial charge >= 0.3 is 0 Å². The Bertz CT molecular complexity index is 1520. The monoisotopic (exact) mass is 425 g/mol. The Kier molecular flexibility index (Phi) is 4.38. The Morgan fingerprint density at radius 1 is 0.727 bits per heavy atom. The van der Waals surface area contributed by atoms with E-state index < -0.39 is 5.41 Å². The molecule has 0 N–H and O–H groups in total. The van der Waals surface area contributed by atoms with E-state index in [1.54, 1.807) is 7.11 Å². The zero-order chi connectivity index (χ0) is 22.4. The molecule has 0 bridgehead atoms. The van der Waals surface area contributed by atoms with Gasteiger partial charge in [-0.25, -0.2) is 0 Å². The number of aryl methyl sites for hydroxylation is 1. The molecule has 2 nitrogen and oxygen atoms in total. The second-order valence-corrected chi connectivity index (χ2v) is 8.49. The normalized spacial score (nSPS) is 13.2. The fourth-order valence-corrected chi connectivity index (χ4v) is 5.21. The van der Waals surface area contributed by atoms with E-state index in [0.717, 1.165) is 22.2 Å². The lowest BCUT2D eigenvalue weighted by Gasteiger charge is -2.26. The Morgan fingerprint density at radius 3 is 2.03 bits per heavy atom. The molecule has 2 heteroatoms. The number of rotatable bonds is 2. The van der Waals surface area contributed by atoms with Crippen molar-refractivity contribution in [1.29, 1.82) is 0 Å². The van der Waals surface area contributed by atoms with Crippen molar-refractivity contribution in [3.05, 3.63) is 126 Å². The fourth-order valence-electron chi connectivity index (χ4n) is 5.21. The maximum atomic E-state index is 5.61. The molecule has 1 aliphatic rings. The highest BCUT2D eigenvalue weighted by atomic mass is 16.5. The number of hydrogen-bond donors (Lipinski definition) is 0. The number of aromatic nitrogens is 1. The summed E-state index contributed by atoms with van der Waals surface area (Å²) in [5.74, 6) is 8.15. The molecule has 4 aromatic carbocycles. The Balaban J connectivity index is 1.76. The second kappa shape index (κ2) is 7.43. The molecule has 1 heterocycles. The van der Waals surface area contributed by atoms with E-state index in [4.69, 9.17) is 4.74 Å². The number of benzene rings is 4. The summed E-state index contributed by atoms with van der Waals surface area (Å²) in [5.41, 5.74) is 7.71. The molecule has 0 radical (unpaired) electrons. The molecular formula is C31H23NO. The van der Waals surface area contributed by atoms with Crippen LogP contribution in [0.4, 0.5) is 0 Å². The Hall–Kier alpha value is -4.22. The predicted octanol–water partition coefficient (Wildman–Crippen LogP) is 6.55. The molecule has 0 saturated heterocycles. The summed E-state index contributed by atoms with van der Waals surface area (Å²) in [5, 5.41) is 1.16. The molecule has 1 aromatic heterocycles. The third kappa shape index (κ3) is 2.83. The predicted molar refractivity (Wildman–Crippen MR) is 135 cm³/mol. The van der Waals surface area contributed by atoms with Crippen molar-refractivity contribution >= 4 is 10.9 Å². The number of methoxy groups -OCH3 is 1. The van der Waals surface area contributed by atoms with E-state index >= 15 is 0 Å². The van der Waals surface area contributed by atoms with Crippen LogP contribution in [0.15, 0.2) is 103 Å². The molecule has 0 amide bonds. The van der Waals surface area contributed by atoms with Crippen LogP contribution in [0.5, 0.6) is 5.75 Å². The van der Waals surface area contributed by atoms with Crippen LogP contribution in [-0.4, -0.2) is 11.7 Å². The highest BCUT2D eigenvalue weighted by Crippen LogP contribution is 2.54. The van der Waals surface area contributed by atoms with Gasteiger partial charge in [-0.1, -0.05) is 78.6 Å². The summed E-state index contributed by atoms with van der Waals surface area (Å²) in [6, 6.07) is 33.9. The van der Waals surface area contributed by atoms with Gasteiger partial charge in [-0.15, -0.1) is 0 Å². The van der Waals surface area contributed by atoms with Crippen molar-refractivity contribution in [3.63, 3.8) is 0 Å². The summed E-state index contributed by atoms with van der Waals surface area (Å²) in [7, 11) is 3.82. The second-order valence-electron chi connectivity index (χ2n) is 8.49. The van der Waals surface area contributed by atoms with Gasteiger partial charge in [0.2, 0.25) is 0 Å². The van der Waals surface area contributed by atoms with Crippen molar-refractivity contribution in [1.82, 2.24) is 4.57 Å². The van der Waals surface area contributed by atoms with Gasteiger partial charge in [-0.2, -0.15) is 0 Å². The first-order chi connectivity index (χ1) is 16.2. The van der Waals surface area contributed by atoms with E-state index in [-0.39, 0.29) is 0 Å². The average molecular weight is 426 g/mol. The highest BCUT2D eigenvalue weighted by Gasteiger charge is 2.45. The highest BCUT2D eigenvalue weighted by molar-refractivity contribution is 5.94. The lowest BCUT2D eigenvalue weighted by atomic mass is 9.72. The number of ether oxygens (including phenoxy) is 1. The van der Waals surface area contributed by atoms with Gasteiger partial charge in [0.1, 0.15) is 11.2 Å². The van der Waals surface area contributed by atoms with Crippen LogP contribution in [0.2, 0.25) is 0 Å². The molecule has 0 spiro atoms. The van der Waals surface area contributed by atoms with E-state index in [2.05, 4.69) is 102 Å². The first-order valence-corrected chi connectivity index (χ1v) is 11.1. The van der Waals surface area contributed by atoms with Crippen molar-refractivity contribution in [2.45, 2.75) is 5.41 Å². The third-order valence-electron chi connectivity index (χ3n) is 6.72. The van der Waals surface area contributed by atoms with Crippen LogP contribution in [0, 0.1) is 11.8 Å². The van der Waals surface area contributed by atoms with E-state index in [0.29, 0.717) is 0 Å². The smallest absolute Gasteiger partial charge is 0.119 e.